The van der Waals surface area contributed by atoms with Crippen LogP contribution in [0.3, 0.4) is 0 Å². The van der Waals surface area contributed by atoms with Crippen molar-refractivity contribution in [3.8, 4) is 5.75 Å². The van der Waals surface area contributed by atoms with Gasteiger partial charge in [-0.25, -0.2) is 0 Å². The molecule has 2 N–H and O–H groups in total. The fourth-order valence-electron chi connectivity index (χ4n) is 2.97. The van der Waals surface area contributed by atoms with E-state index in [0.29, 0.717) is 6.10 Å². The molecule has 112 valence electrons. The molecule has 0 spiro atoms. The van der Waals surface area contributed by atoms with E-state index in [1.807, 2.05) is 25.1 Å². The minimum atomic E-state index is -0.0887. The van der Waals surface area contributed by atoms with Crippen LogP contribution in [0.1, 0.15) is 57.1 Å². The van der Waals surface area contributed by atoms with Gasteiger partial charge in [0.05, 0.1) is 13.2 Å². The minimum Gasteiger partial charge on any atom is -0.496 e. The molecule has 1 aromatic carbocycles. The van der Waals surface area contributed by atoms with Crippen molar-refractivity contribution in [1.82, 2.24) is 0 Å². The molecule has 1 fully saturated rings. The van der Waals surface area contributed by atoms with Crippen molar-refractivity contribution in [1.29, 1.82) is 0 Å². The highest BCUT2D eigenvalue weighted by Crippen LogP contribution is 2.32. The smallest absolute Gasteiger partial charge is 0.124 e. The number of ether oxygens (including phenoxy) is 2. The number of hydrogen-bond donors (Lipinski definition) is 1. The van der Waals surface area contributed by atoms with E-state index in [-0.39, 0.29) is 12.1 Å². The van der Waals surface area contributed by atoms with E-state index in [0.717, 1.165) is 24.2 Å². The third-order valence-electron chi connectivity index (χ3n) is 4.06. The van der Waals surface area contributed by atoms with Gasteiger partial charge in [-0.1, -0.05) is 43.9 Å². The number of benzene rings is 1. The zero-order valence-corrected chi connectivity index (χ0v) is 12.7. The third-order valence-corrected chi connectivity index (χ3v) is 4.06. The number of rotatable bonds is 5. The van der Waals surface area contributed by atoms with Crippen LogP contribution in [-0.4, -0.2) is 19.3 Å². The Kier molecular flexibility index (Phi) is 5.86. The van der Waals surface area contributed by atoms with Gasteiger partial charge >= 0.3 is 0 Å². The Balaban J connectivity index is 2.13. The molecule has 2 atom stereocenters. The fourth-order valence-corrected chi connectivity index (χ4v) is 2.97. The molecule has 1 aliphatic rings. The number of para-hydroxylation sites is 1. The van der Waals surface area contributed by atoms with Gasteiger partial charge in [-0.15, -0.1) is 0 Å². The lowest BCUT2D eigenvalue weighted by Gasteiger charge is -2.28. The molecule has 1 aliphatic carbocycles. The maximum Gasteiger partial charge on any atom is 0.124 e. The molecule has 0 bridgehead atoms. The lowest BCUT2D eigenvalue weighted by atomic mass is 10.0. The Labute approximate surface area is 122 Å². The zero-order valence-electron chi connectivity index (χ0n) is 12.7. The van der Waals surface area contributed by atoms with Crippen molar-refractivity contribution in [2.75, 3.05) is 7.11 Å². The molecule has 1 saturated carbocycles. The second-order valence-electron chi connectivity index (χ2n) is 5.77. The third kappa shape index (κ3) is 3.97. The summed E-state index contributed by atoms with van der Waals surface area (Å²) >= 11 is 0. The van der Waals surface area contributed by atoms with Crippen molar-refractivity contribution in [2.45, 2.75) is 63.7 Å². The van der Waals surface area contributed by atoms with E-state index in [4.69, 9.17) is 15.2 Å². The van der Waals surface area contributed by atoms with Gasteiger partial charge < -0.3 is 15.2 Å². The van der Waals surface area contributed by atoms with Crippen LogP contribution >= 0.6 is 0 Å². The zero-order chi connectivity index (χ0) is 14.4. The van der Waals surface area contributed by atoms with E-state index in [2.05, 4.69) is 6.07 Å². The highest BCUT2D eigenvalue weighted by Gasteiger charge is 2.25. The summed E-state index contributed by atoms with van der Waals surface area (Å²) in [5.41, 5.74) is 7.23. The van der Waals surface area contributed by atoms with Gasteiger partial charge in [0, 0.05) is 11.6 Å². The van der Waals surface area contributed by atoms with E-state index in [1.165, 1.54) is 25.7 Å². The molecular formula is C17H27NO2. The van der Waals surface area contributed by atoms with Gasteiger partial charge in [0.1, 0.15) is 11.9 Å². The Hall–Kier alpha value is -1.06. The average molecular weight is 277 g/mol. The van der Waals surface area contributed by atoms with Crippen LogP contribution in [0.2, 0.25) is 0 Å². The maximum absolute atomic E-state index is 6.36. The molecule has 2 rings (SSSR count). The van der Waals surface area contributed by atoms with E-state index < -0.39 is 0 Å². The summed E-state index contributed by atoms with van der Waals surface area (Å²) in [6.07, 6.45) is 7.74. The van der Waals surface area contributed by atoms with Crippen LogP contribution in [0.4, 0.5) is 0 Å². The van der Waals surface area contributed by atoms with Gasteiger partial charge in [0.15, 0.2) is 0 Å². The molecule has 3 nitrogen and oxygen atoms in total. The molecule has 0 heterocycles. The molecule has 1 aromatic rings. The minimum absolute atomic E-state index is 0.0467. The van der Waals surface area contributed by atoms with Crippen molar-refractivity contribution >= 4 is 0 Å². The highest BCUT2D eigenvalue weighted by atomic mass is 16.5. The second kappa shape index (κ2) is 7.65. The van der Waals surface area contributed by atoms with Crippen LogP contribution in [0, 0.1) is 0 Å². The van der Waals surface area contributed by atoms with Crippen LogP contribution < -0.4 is 10.5 Å². The van der Waals surface area contributed by atoms with Crippen LogP contribution in [0.25, 0.3) is 0 Å². The second-order valence-corrected chi connectivity index (χ2v) is 5.77. The summed E-state index contributed by atoms with van der Waals surface area (Å²) in [6, 6.07) is 7.98. The normalized spacial score (nSPS) is 20.1. The first kappa shape index (κ1) is 15.3. The molecule has 2 unspecified atom stereocenters. The Morgan fingerprint density at radius 3 is 2.35 bits per heavy atom. The first-order valence-electron chi connectivity index (χ1n) is 7.76. The summed E-state index contributed by atoms with van der Waals surface area (Å²) in [4.78, 5) is 0. The van der Waals surface area contributed by atoms with Crippen molar-refractivity contribution < 1.29 is 9.47 Å². The summed E-state index contributed by atoms with van der Waals surface area (Å²) in [5, 5.41) is 0. The summed E-state index contributed by atoms with van der Waals surface area (Å²) < 4.78 is 11.8. The predicted molar refractivity (Wildman–Crippen MR) is 82.0 cm³/mol. The largest absolute Gasteiger partial charge is 0.496 e. The van der Waals surface area contributed by atoms with Gasteiger partial charge in [-0.05, 0) is 25.8 Å². The van der Waals surface area contributed by atoms with E-state index >= 15 is 0 Å². The Morgan fingerprint density at radius 2 is 1.75 bits per heavy atom. The van der Waals surface area contributed by atoms with Crippen LogP contribution in [0.5, 0.6) is 5.75 Å². The first-order valence-corrected chi connectivity index (χ1v) is 7.76. The number of nitrogens with two attached hydrogens (primary N) is 1. The molecule has 0 aliphatic heterocycles. The molecule has 20 heavy (non-hydrogen) atoms. The summed E-state index contributed by atoms with van der Waals surface area (Å²) in [7, 11) is 1.70. The van der Waals surface area contributed by atoms with Gasteiger partial charge in [0.2, 0.25) is 0 Å². The van der Waals surface area contributed by atoms with Crippen molar-refractivity contribution in [3.63, 3.8) is 0 Å². The number of methoxy groups -OCH3 is 1. The Bertz CT molecular complexity index is 398. The summed E-state index contributed by atoms with van der Waals surface area (Å²) in [6.45, 7) is 2.01. The maximum atomic E-state index is 6.36. The lowest BCUT2D eigenvalue weighted by molar-refractivity contribution is -0.0318. The van der Waals surface area contributed by atoms with Gasteiger partial charge in [-0.3, -0.25) is 0 Å². The predicted octanol–water partition coefficient (Wildman–Crippen LogP) is 3.82. The van der Waals surface area contributed by atoms with Crippen LogP contribution in [0.15, 0.2) is 24.3 Å². The van der Waals surface area contributed by atoms with E-state index in [1.54, 1.807) is 7.11 Å². The number of hydrogen-bond acceptors (Lipinski definition) is 3. The van der Waals surface area contributed by atoms with Crippen molar-refractivity contribution in [2.24, 2.45) is 5.73 Å². The molecule has 3 heteroatoms. The summed E-state index contributed by atoms with van der Waals surface area (Å²) in [5.74, 6) is 0.864. The average Bonchev–Trinajstić information content (AvgIpc) is 2.73. The fraction of sp³-hybridized carbons (Fsp3) is 0.647. The molecular weight excluding hydrogens is 250 g/mol. The highest BCUT2D eigenvalue weighted by molar-refractivity contribution is 5.35. The quantitative estimate of drug-likeness (QED) is 0.832. The first-order chi connectivity index (χ1) is 9.72. The molecule has 0 radical (unpaired) electrons. The monoisotopic (exact) mass is 277 g/mol. The SMILES string of the molecule is COc1ccccc1C(OC1CCCCCC1)C(C)N. The van der Waals surface area contributed by atoms with Gasteiger partial charge in [-0.2, -0.15) is 0 Å². The molecule has 0 aromatic heterocycles. The van der Waals surface area contributed by atoms with Crippen LogP contribution in [-0.2, 0) is 4.74 Å². The standard InChI is InChI=1S/C17H27NO2/c1-13(18)17(15-11-7-8-12-16(15)19-2)20-14-9-5-3-4-6-10-14/h7-8,11-14,17H,3-6,9-10,18H2,1-2H3. The van der Waals surface area contributed by atoms with E-state index in [9.17, 15) is 0 Å². The lowest BCUT2D eigenvalue weighted by Crippen LogP contribution is -2.30. The molecule has 0 saturated heterocycles. The topological polar surface area (TPSA) is 44.5 Å². The Morgan fingerprint density at radius 1 is 1.10 bits per heavy atom. The molecule has 0 amide bonds. The van der Waals surface area contributed by atoms with Crippen molar-refractivity contribution in [3.05, 3.63) is 29.8 Å². The van der Waals surface area contributed by atoms with Gasteiger partial charge in [0.25, 0.3) is 0 Å².